The number of sulfonamides is 1. The minimum absolute atomic E-state index is 0.0106. The summed E-state index contributed by atoms with van der Waals surface area (Å²) in [6.45, 7) is 6.95. The molecule has 2 heterocycles. The maximum atomic E-state index is 12.8. The third kappa shape index (κ3) is 6.27. The zero-order valence-corrected chi connectivity index (χ0v) is 19.4. The number of rotatable bonds is 7. The van der Waals surface area contributed by atoms with Gasteiger partial charge in [0.15, 0.2) is 0 Å². The molecule has 1 aromatic carbocycles. The van der Waals surface area contributed by atoms with Crippen LogP contribution in [-0.2, 0) is 24.4 Å². The minimum atomic E-state index is -3.90. The Balaban J connectivity index is 1.49. The Morgan fingerprint density at radius 1 is 0.938 bits per heavy atom. The van der Waals surface area contributed by atoms with Crippen LogP contribution in [0.2, 0.25) is 0 Å². The molecular formula is C21H31N5O5S. The fourth-order valence-electron chi connectivity index (χ4n) is 3.93. The Labute approximate surface area is 189 Å². The van der Waals surface area contributed by atoms with Crippen molar-refractivity contribution in [2.24, 2.45) is 0 Å². The van der Waals surface area contributed by atoms with Gasteiger partial charge in [-0.2, -0.15) is 4.72 Å². The van der Waals surface area contributed by atoms with Crippen molar-refractivity contribution in [3.63, 3.8) is 0 Å². The molecule has 1 unspecified atom stereocenters. The highest BCUT2D eigenvalue weighted by Crippen LogP contribution is 2.15. The molecule has 0 saturated carbocycles. The van der Waals surface area contributed by atoms with Gasteiger partial charge in [0.05, 0.1) is 17.5 Å². The van der Waals surface area contributed by atoms with Gasteiger partial charge in [0.1, 0.15) is 0 Å². The van der Waals surface area contributed by atoms with E-state index in [1.54, 1.807) is 4.90 Å². The lowest BCUT2D eigenvalue weighted by molar-refractivity contribution is -0.135. The molecular weight excluding hydrogens is 434 g/mol. The highest BCUT2D eigenvalue weighted by atomic mass is 32.2. The van der Waals surface area contributed by atoms with Gasteiger partial charge < -0.3 is 15.1 Å². The molecule has 1 atom stereocenters. The number of amides is 3. The van der Waals surface area contributed by atoms with E-state index in [4.69, 9.17) is 0 Å². The van der Waals surface area contributed by atoms with E-state index in [-0.39, 0.29) is 22.6 Å². The van der Waals surface area contributed by atoms with Crippen LogP contribution >= 0.6 is 0 Å². The smallest absolute Gasteiger partial charge is 0.241 e. The van der Waals surface area contributed by atoms with Gasteiger partial charge in [-0.3, -0.25) is 19.3 Å². The van der Waals surface area contributed by atoms with E-state index in [1.165, 1.54) is 38.1 Å². The normalized spacial score (nSPS) is 18.4. The Morgan fingerprint density at radius 3 is 2.09 bits per heavy atom. The Hall–Kier alpha value is -2.50. The third-order valence-electron chi connectivity index (χ3n) is 5.69. The summed E-state index contributed by atoms with van der Waals surface area (Å²) < 4.78 is 27.7. The number of anilines is 1. The van der Waals surface area contributed by atoms with Crippen LogP contribution in [-0.4, -0.2) is 92.7 Å². The molecule has 0 bridgehead atoms. The molecule has 3 amide bonds. The molecule has 3 rings (SSSR count). The third-order valence-corrected chi connectivity index (χ3v) is 7.25. The fraction of sp³-hybridized carbons (Fsp3) is 0.571. The first-order chi connectivity index (χ1) is 15.2. The second-order valence-electron chi connectivity index (χ2n) is 8.24. The molecule has 2 saturated heterocycles. The van der Waals surface area contributed by atoms with Gasteiger partial charge >= 0.3 is 0 Å². The summed E-state index contributed by atoms with van der Waals surface area (Å²) in [7, 11) is -3.90. The molecule has 2 fully saturated rings. The van der Waals surface area contributed by atoms with Crippen LogP contribution < -0.4 is 10.0 Å². The van der Waals surface area contributed by atoms with Crippen molar-refractivity contribution in [2.45, 2.75) is 37.6 Å². The number of likely N-dealkylation sites (tertiary alicyclic amines) is 1. The number of benzene rings is 1. The van der Waals surface area contributed by atoms with Crippen LogP contribution in [0, 0.1) is 0 Å². The monoisotopic (exact) mass is 465 g/mol. The molecule has 2 aliphatic heterocycles. The minimum Gasteiger partial charge on any atom is -0.342 e. The lowest BCUT2D eigenvalue weighted by atomic mass is 10.2. The molecule has 0 spiro atoms. The predicted octanol–water partition coefficient (Wildman–Crippen LogP) is 0.0784. The quantitative estimate of drug-likeness (QED) is 0.589. The molecule has 2 aliphatic rings. The molecule has 32 heavy (non-hydrogen) atoms. The highest BCUT2D eigenvalue weighted by Gasteiger charge is 2.29. The summed E-state index contributed by atoms with van der Waals surface area (Å²) >= 11 is 0. The summed E-state index contributed by atoms with van der Waals surface area (Å²) in [6, 6.07) is 4.81. The molecule has 0 radical (unpaired) electrons. The maximum Gasteiger partial charge on any atom is 0.241 e. The topological polar surface area (TPSA) is 119 Å². The average Bonchev–Trinajstić information content (AvgIpc) is 3.28. The summed E-state index contributed by atoms with van der Waals surface area (Å²) in [6.07, 6.45) is 2.11. The first-order valence-electron chi connectivity index (χ1n) is 10.8. The second kappa shape index (κ2) is 10.4. The highest BCUT2D eigenvalue weighted by molar-refractivity contribution is 7.89. The zero-order valence-electron chi connectivity index (χ0n) is 18.5. The standard InChI is InChI=1S/C21H31N5O5S/c1-16(23-32(30,31)19-7-5-18(6-8-19)22-17(2)27)21(29)26-13-11-24(12-14-26)15-20(28)25-9-3-4-10-25/h5-8,16,23H,3-4,9-15H2,1-2H3,(H,22,27). The molecule has 2 N–H and O–H groups in total. The van der Waals surface area contributed by atoms with Crippen molar-refractivity contribution in [1.82, 2.24) is 19.4 Å². The summed E-state index contributed by atoms with van der Waals surface area (Å²) in [5.74, 6) is -0.416. The maximum absolute atomic E-state index is 12.8. The Morgan fingerprint density at radius 2 is 1.53 bits per heavy atom. The van der Waals surface area contributed by atoms with E-state index < -0.39 is 16.1 Å². The van der Waals surface area contributed by atoms with Crippen LogP contribution in [0.1, 0.15) is 26.7 Å². The van der Waals surface area contributed by atoms with E-state index in [2.05, 4.69) is 10.0 Å². The second-order valence-corrected chi connectivity index (χ2v) is 9.95. The van der Waals surface area contributed by atoms with Crippen molar-refractivity contribution in [2.75, 3.05) is 51.1 Å². The molecule has 1 aromatic rings. The van der Waals surface area contributed by atoms with Gasteiger partial charge in [-0.25, -0.2) is 8.42 Å². The van der Waals surface area contributed by atoms with Gasteiger partial charge in [-0.15, -0.1) is 0 Å². The number of carbonyl (C=O) groups excluding carboxylic acids is 3. The zero-order chi connectivity index (χ0) is 23.3. The van der Waals surface area contributed by atoms with Crippen LogP contribution in [0.4, 0.5) is 5.69 Å². The predicted molar refractivity (Wildman–Crippen MR) is 119 cm³/mol. The number of hydrogen-bond donors (Lipinski definition) is 2. The fourth-order valence-corrected chi connectivity index (χ4v) is 5.13. The molecule has 176 valence electrons. The van der Waals surface area contributed by atoms with Gasteiger partial charge in [-0.05, 0) is 44.0 Å². The number of nitrogens with one attached hydrogen (secondary N) is 2. The largest absolute Gasteiger partial charge is 0.342 e. The molecule has 0 aliphatic carbocycles. The van der Waals surface area contributed by atoms with E-state index in [1.807, 2.05) is 9.80 Å². The number of hydrogen-bond acceptors (Lipinski definition) is 6. The number of piperazine rings is 1. The van der Waals surface area contributed by atoms with Gasteiger partial charge in [0, 0.05) is 51.9 Å². The van der Waals surface area contributed by atoms with Crippen LogP contribution in [0.25, 0.3) is 0 Å². The van der Waals surface area contributed by atoms with Crippen molar-refractivity contribution < 1.29 is 22.8 Å². The van der Waals surface area contributed by atoms with Crippen LogP contribution in [0.5, 0.6) is 0 Å². The SMILES string of the molecule is CC(=O)Nc1ccc(S(=O)(=O)NC(C)C(=O)N2CCN(CC(=O)N3CCCC3)CC2)cc1. The van der Waals surface area contributed by atoms with Crippen molar-refractivity contribution in [1.29, 1.82) is 0 Å². The van der Waals surface area contributed by atoms with Gasteiger partial charge in [0.25, 0.3) is 0 Å². The van der Waals surface area contributed by atoms with Crippen LogP contribution in [0.3, 0.4) is 0 Å². The molecule has 10 nitrogen and oxygen atoms in total. The molecule has 0 aromatic heterocycles. The van der Waals surface area contributed by atoms with Crippen molar-refractivity contribution in [3.05, 3.63) is 24.3 Å². The lowest BCUT2D eigenvalue weighted by Crippen LogP contribution is -2.55. The van der Waals surface area contributed by atoms with Gasteiger partial charge in [-0.1, -0.05) is 0 Å². The number of nitrogens with zero attached hydrogens (tertiary/aromatic N) is 3. The van der Waals surface area contributed by atoms with E-state index in [0.29, 0.717) is 38.4 Å². The van der Waals surface area contributed by atoms with Gasteiger partial charge in [0.2, 0.25) is 27.7 Å². The van der Waals surface area contributed by atoms with E-state index >= 15 is 0 Å². The van der Waals surface area contributed by atoms with Crippen LogP contribution in [0.15, 0.2) is 29.2 Å². The summed E-state index contributed by atoms with van der Waals surface area (Å²) in [5.41, 5.74) is 0.488. The van der Waals surface area contributed by atoms with E-state index in [0.717, 1.165) is 25.9 Å². The summed E-state index contributed by atoms with van der Waals surface area (Å²) in [5, 5.41) is 2.57. The number of carbonyl (C=O) groups is 3. The summed E-state index contributed by atoms with van der Waals surface area (Å²) in [4.78, 5) is 41.7. The lowest BCUT2D eigenvalue weighted by Gasteiger charge is -2.36. The average molecular weight is 466 g/mol. The Kier molecular flexibility index (Phi) is 7.86. The molecule has 11 heteroatoms. The van der Waals surface area contributed by atoms with Crippen molar-refractivity contribution in [3.8, 4) is 0 Å². The first kappa shape index (κ1) is 24.1. The first-order valence-corrected chi connectivity index (χ1v) is 12.3. The van der Waals surface area contributed by atoms with E-state index in [9.17, 15) is 22.8 Å². The Bertz CT molecular complexity index is 936. The van der Waals surface area contributed by atoms with Crippen molar-refractivity contribution >= 4 is 33.4 Å².